The molecule has 1 aromatic carbocycles. The highest BCUT2D eigenvalue weighted by atomic mass is 19.1. The van der Waals surface area contributed by atoms with Gasteiger partial charge in [-0.05, 0) is 37.7 Å². The minimum atomic E-state index is -0.225. The number of ether oxygens (including phenoxy) is 1. The van der Waals surface area contributed by atoms with Crippen molar-refractivity contribution < 1.29 is 14.2 Å². The van der Waals surface area contributed by atoms with Crippen molar-refractivity contribution in [2.75, 3.05) is 46.4 Å². The maximum absolute atomic E-state index is 13.4. The van der Waals surface area contributed by atoms with Gasteiger partial charge in [0.25, 0.3) is 0 Å². The summed E-state index contributed by atoms with van der Waals surface area (Å²) in [6, 6.07) is 4.66. The smallest absolute Gasteiger partial charge is 0.123 e. The fourth-order valence-electron chi connectivity index (χ4n) is 2.66. The molecule has 2 rings (SSSR count). The van der Waals surface area contributed by atoms with Crippen LogP contribution in [0.15, 0.2) is 18.2 Å². The second-order valence-corrected chi connectivity index (χ2v) is 5.15. The van der Waals surface area contributed by atoms with Gasteiger partial charge in [-0.25, -0.2) is 4.39 Å². The third kappa shape index (κ3) is 4.16. The van der Waals surface area contributed by atoms with E-state index in [0.717, 1.165) is 50.5 Å². The van der Waals surface area contributed by atoms with Gasteiger partial charge in [-0.3, -0.25) is 9.80 Å². The number of aliphatic hydroxyl groups excluding tert-OH is 1. The van der Waals surface area contributed by atoms with Crippen LogP contribution in [0.1, 0.15) is 12.0 Å². The van der Waals surface area contributed by atoms with Gasteiger partial charge >= 0.3 is 0 Å². The van der Waals surface area contributed by atoms with Gasteiger partial charge in [0.15, 0.2) is 0 Å². The van der Waals surface area contributed by atoms with Crippen LogP contribution in [-0.4, -0.2) is 61.3 Å². The summed E-state index contributed by atoms with van der Waals surface area (Å²) in [7, 11) is 1.61. The SMILES string of the molecule is COc1ccc(F)cc1CN1CCCN(CCO)CC1. The Kier molecular flexibility index (Phi) is 5.76. The number of β-amino-alcohol motifs (C(OH)–C–C–N with tert-alkyl or cyclic N) is 1. The van der Waals surface area contributed by atoms with Crippen molar-refractivity contribution in [3.05, 3.63) is 29.6 Å². The van der Waals surface area contributed by atoms with E-state index in [2.05, 4.69) is 9.80 Å². The van der Waals surface area contributed by atoms with Gasteiger partial charge in [0.1, 0.15) is 11.6 Å². The number of methoxy groups -OCH3 is 1. The fourth-order valence-corrected chi connectivity index (χ4v) is 2.66. The molecule has 112 valence electrons. The first-order valence-electron chi connectivity index (χ1n) is 7.11. The number of benzene rings is 1. The number of halogens is 1. The molecule has 0 bridgehead atoms. The quantitative estimate of drug-likeness (QED) is 0.884. The molecule has 1 aromatic rings. The summed E-state index contributed by atoms with van der Waals surface area (Å²) < 4.78 is 18.7. The monoisotopic (exact) mass is 282 g/mol. The number of hydrogen-bond acceptors (Lipinski definition) is 4. The first-order chi connectivity index (χ1) is 9.72. The standard InChI is InChI=1S/C15H23FN2O2/c1-20-15-4-3-14(16)11-13(15)12-18-6-2-5-17(7-8-18)9-10-19/h3-4,11,19H,2,5-10,12H2,1H3. The average molecular weight is 282 g/mol. The predicted octanol–water partition coefficient (Wildman–Crippen LogP) is 1.33. The highest BCUT2D eigenvalue weighted by Gasteiger charge is 2.16. The molecule has 0 amide bonds. The number of aliphatic hydroxyl groups is 1. The van der Waals surface area contributed by atoms with Gasteiger partial charge in [0.05, 0.1) is 13.7 Å². The topological polar surface area (TPSA) is 35.9 Å². The van der Waals surface area contributed by atoms with Crippen molar-refractivity contribution in [3.63, 3.8) is 0 Å². The summed E-state index contributed by atoms with van der Waals surface area (Å²) in [5.74, 6) is 0.514. The Labute approximate surface area is 119 Å². The molecule has 1 heterocycles. The Morgan fingerprint density at radius 1 is 1.20 bits per heavy atom. The highest BCUT2D eigenvalue weighted by molar-refractivity contribution is 5.33. The third-order valence-electron chi connectivity index (χ3n) is 3.73. The summed E-state index contributed by atoms with van der Waals surface area (Å²) in [6.07, 6.45) is 1.07. The third-order valence-corrected chi connectivity index (χ3v) is 3.73. The van der Waals surface area contributed by atoms with Crippen LogP contribution in [0.2, 0.25) is 0 Å². The van der Waals surface area contributed by atoms with E-state index in [1.165, 1.54) is 6.07 Å². The normalized spacial score (nSPS) is 17.9. The molecule has 0 unspecified atom stereocenters. The van der Waals surface area contributed by atoms with Gasteiger partial charge in [-0.15, -0.1) is 0 Å². The van der Waals surface area contributed by atoms with Crippen LogP contribution >= 0.6 is 0 Å². The summed E-state index contributed by atoms with van der Waals surface area (Å²) in [4.78, 5) is 4.58. The molecule has 1 saturated heterocycles. The maximum atomic E-state index is 13.4. The molecule has 0 aromatic heterocycles. The molecule has 1 fully saturated rings. The van der Waals surface area contributed by atoms with Crippen LogP contribution in [0, 0.1) is 5.82 Å². The molecule has 0 atom stereocenters. The van der Waals surface area contributed by atoms with E-state index >= 15 is 0 Å². The Hall–Kier alpha value is -1.17. The van der Waals surface area contributed by atoms with Crippen molar-refractivity contribution >= 4 is 0 Å². The molecule has 1 aliphatic rings. The van der Waals surface area contributed by atoms with E-state index in [1.807, 2.05) is 0 Å². The summed E-state index contributed by atoms with van der Waals surface area (Å²) in [6.45, 7) is 5.51. The number of nitrogens with zero attached hydrogens (tertiary/aromatic N) is 2. The van der Waals surface area contributed by atoms with Gasteiger partial charge < -0.3 is 9.84 Å². The highest BCUT2D eigenvalue weighted by Crippen LogP contribution is 2.21. The van der Waals surface area contributed by atoms with Gasteiger partial charge in [0.2, 0.25) is 0 Å². The summed E-state index contributed by atoms with van der Waals surface area (Å²) >= 11 is 0. The number of hydrogen-bond donors (Lipinski definition) is 1. The predicted molar refractivity (Wildman–Crippen MR) is 76.4 cm³/mol. The van der Waals surface area contributed by atoms with E-state index in [9.17, 15) is 4.39 Å². The first kappa shape index (κ1) is 15.2. The minimum absolute atomic E-state index is 0.206. The zero-order chi connectivity index (χ0) is 14.4. The lowest BCUT2D eigenvalue weighted by Gasteiger charge is -2.22. The van der Waals surface area contributed by atoms with Crippen molar-refractivity contribution in [3.8, 4) is 5.75 Å². The molecule has 0 radical (unpaired) electrons. The van der Waals surface area contributed by atoms with E-state index < -0.39 is 0 Å². The zero-order valence-corrected chi connectivity index (χ0v) is 12.0. The van der Waals surface area contributed by atoms with Crippen LogP contribution in [0.5, 0.6) is 5.75 Å². The molecular formula is C15H23FN2O2. The summed E-state index contributed by atoms with van der Waals surface area (Å²) in [5.41, 5.74) is 0.892. The molecule has 0 aliphatic carbocycles. The van der Waals surface area contributed by atoms with Gasteiger partial charge in [-0.2, -0.15) is 0 Å². The van der Waals surface area contributed by atoms with E-state index in [4.69, 9.17) is 9.84 Å². The van der Waals surface area contributed by atoms with Crippen molar-refractivity contribution in [1.82, 2.24) is 9.80 Å². The van der Waals surface area contributed by atoms with Crippen LogP contribution in [0.4, 0.5) is 4.39 Å². The van der Waals surface area contributed by atoms with E-state index in [-0.39, 0.29) is 12.4 Å². The van der Waals surface area contributed by atoms with Crippen LogP contribution < -0.4 is 4.74 Å². The Bertz CT molecular complexity index is 428. The summed E-state index contributed by atoms with van der Waals surface area (Å²) in [5, 5.41) is 9.00. The molecule has 1 aliphatic heterocycles. The fraction of sp³-hybridized carbons (Fsp3) is 0.600. The largest absolute Gasteiger partial charge is 0.496 e. The van der Waals surface area contributed by atoms with E-state index in [0.29, 0.717) is 6.54 Å². The molecule has 0 saturated carbocycles. The number of rotatable bonds is 5. The van der Waals surface area contributed by atoms with Crippen molar-refractivity contribution in [1.29, 1.82) is 0 Å². The molecule has 20 heavy (non-hydrogen) atoms. The van der Waals surface area contributed by atoms with E-state index in [1.54, 1.807) is 19.2 Å². The lowest BCUT2D eigenvalue weighted by molar-refractivity contribution is 0.195. The second kappa shape index (κ2) is 7.57. The van der Waals surface area contributed by atoms with Crippen molar-refractivity contribution in [2.24, 2.45) is 0 Å². The Balaban J connectivity index is 1.97. The van der Waals surface area contributed by atoms with Gasteiger partial charge in [0, 0.05) is 31.7 Å². The second-order valence-electron chi connectivity index (χ2n) is 5.15. The minimum Gasteiger partial charge on any atom is -0.496 e. The van der Waals surface area contributed by atoms with Crippen molar-refractivity contribution in [2.45, 2.75) is 13.0 Å². The Morgan fingerprint density at radius 2 is 1.95 bits per heavy atom. The van der Waals surface area contributed by atoms with Crippen LogP contribution in [-0.2, 0) is 6.54 Å². The Morgan fingerprint density at radius 3 is 2.70 bits per heavy atom. The van der Waals surface area contributed by atoms with Crippen LogP contribution in [0.25, 0.3) is 0 Å². The molecule has 5 heteroatoms. The lowest BCUT2D eigenvalue weighted by Crippen LogP contribution is -2.32. The van der Waals surface area contributed by atoms with Gasteiger partial charge in [-0.1, -0.05) is 0 Å². The average Bonchev–Trinajstić information content (AvgIpc) is 2.65. The zero-order valence-electron chi connectivity index (χ0n) is 12.0. The molecule has 4 nitrogen and oxygen atoms in total. The molecule has 1 N–H and O–H groups in total. The lowest BCUT2D eigenvalue weighted by atomic mass is 10.1. The molecular weight excluding hydrogens is 259 g/mol. The molecule has 0 spiro atoms. The first-order valence-corrected chi connectivity index (χ1v) is 7.11. The van der Waals surface area contributed by atoms with Crippen LogP contribution in [0.3, 0.4) is 0 Å². The maximum Gasteiger partial charge on any atom is 0.123 e.